The largest absolute Gasteiger partial charge is 2.00 e. The first-order valence-electron chi connectivity index (χ1n) is 2.68. The van der Waals surface area contributed by atoms with Crippen LogP contribution in [0.15, 0.2) is 0 Å². The number of hydrogen-bond donors (Lipinski definition) is 0. The van der Waals surface area contributed by atoms with Crippen molar-refractivity contribution < 1.29 is 5.48 Å². The van der Waals surface area contributed by atoms with Gasteiger partial charge in [-0.3, -0.25) is 15.6 Å². The molecule has 13 saturated heterocycles. The molecule has 0 amide bonds. The Morgan fingerprint density at radius 1 is 0.667 bits per heavy atom. The maximum absolute atomic E-state index is 2.98. The van der Waals surface area contributed by atoms with E-state index in [9.17, 15) is 0 Å². The minimum atomic E-state index is -0.611. The van der Waals surface area contributed by atoms with E-state index in [0.29, 0.717) is 0 Å². The van der Waals surface area contributed by atoms with Gasteiger partial charge < -0.3 is 5.48 Å². The Hall–Kier alpha value is 1.22. The van der Waals surface area contributed by atoms with Crippen molar-refractivity contribution in [1.29, 1.82) is 0 Å². The van der Waals surface area contributed by atoms with Gasteiger partial charge in [-0.1, -0.05) is 0 Å². The molecular formula is MgN4OSi3. The van der Waals surface area contributed by atoms with E-state index in [-0.39, 0.29) is 28.5 Å². The zero-order valence-corrected chi connectivity index (χ0v) is 8.82. The molecule has 13 heterocycles. The molecule has 13 aliphatic rings. The van der Waals surface area contributed by atoms with Crippen molar-refractivity contribution in [3.8, 4) is 0 Å². The first-order valence-corrected chi connectivity index (χ1v) is 8.05. The molecule has 7 bridgehead atoms. The fraction of sp³-hybridized carbons (Fsp3) is 0. The molecule has 9 heavy (non-hydrogen) atoms. The quantitative estimate of drug-likeness (QED) is 0.375. The van der Waals surface area contributed by atoms with Crippen LogP contribution in [0.3, 0.4) is 0 Å². The minimum absolute atomic E-state index is 0. The van der Waals surface area contributed by atoms with Crippen molar-refractivity contribution >= 4 is 49.2 Å². The van der Waals surface area contributed by atoms with E-state index in [2.05, 4.69) is 15.6 Å². The molecule has 0 aliphatic carbocycles. The molecule has 0 atom stereocenters. The summed E-state index contributed by atoms with van der Waals surface area (Å²) in [7, 11) is -1.83. The summed E-state index contributed by atoms with van der Waals surface area (Å²) < 4.78 is 11.9. The summed E-state index contributed by atoms with van der Waals surface area (Å²) in [4.78, 5) is 0. The first kappa shape index (κ1) is 4.97. The van der Waals surface area contributed by atoms with E-state index in [1.165, 1.54) is 0 Å². The molecule has 13 fully saturated rings. The van der Waals surface area contributed by atoms with E-state index in [1.807, 2.05) is 0 Å². The van der Waals surface area contributed by atoms with Crippen LogP contribution in [-0.2, 0) is 5.48 Å². The second kappa shape index (κ2) is 0.639. The summed E-state index contributed by atoms with van der Waals surface area (Å²) in [5.74, 6) is 0. The zero-order chi connectivity index (χ0) is 3.81. The number of nitrogens with zero attached hydrogens (tertiary/aromatic N) is 4. The Morgan fingerprint density at radius 3 is 0.778 bits per heavy atom. The Morgan fingerprint density at radius 2 is 0.778 bits per heavy atom. The van der Waals surface area contributed by atoms with Gasteiger partial charge in [-0.2, -0.15) is 0 Å². The molecule has 3 spiro atoms. The molecule has 5 nitrogen and oxygen atoms in total. The molecule has 13 aliphatic heterocycles. The van der Waals surface area contributed by atoms with Crippen LogP contribution in [-0.4, -0.2) is 64.8 Å². The minimum Gasteiger partial charge on any atom is -2.00 e. The summed E-state index contributed by atoms with van der Waals surface area (Å²) >= 11 is 0. The van der Waals surface area contributed by atoms with Crippen LogP contribution in [0.4, 0.5) is 0 Å². The average molecular weight is 181 g/mol. The van der Waals surface area contributed by atoms with Crippen molar-refractivity contribution in [3.63, 3.8) is 0 Å². The van der Waals surface area contributed by atoms with Crippen LogP contribution < -0.4 is 0 Å². The molecule has 0 aromatic rings. The third kappa shape index (κ3) is 0.0895. The van der Waals surface area contributed by atoms with Crippen molar-refractivity contribution in [2.75, 3.05) is 0 Å². The third-order valence-corrected chi connectivity index (χ3v) is 32.4. The van der Waals surface area contributed by atoms with Gasteiger partial charge in [0.05, 0.1) is 0 Å². The molecule has 0 radical (unpaired) electrons. The van der Waals surface area contributed by atoms with Crippen molar-refractivity contribution in [2.24, 2.45) is 0 Å². The molecule has 0 saturated carbocycles. The van der Waals surface area contributed by atoms with Crippen molar-refractivity contribution in [1.82, 2.24) is 15.6 Å². The van der Waals surface area contributed by atoms with Crippen LogP contribution >= 0.6 is 0 Å². The predicted octanol–water partition coefficient (Wildman–Crippen LogP) is -2.92. The standard InChI is InChI=1S/Mg.N4Si3.O/c;1-5-2-6(1)3(5)7(1,2)4(5)6;/q+2;;-2. The van der Waals surface area contributed by atoms with Crippen LogP contribution in [0, 0.1) is 0 Å². The molecule has 13 rings (SSSR count). The first-order chi connectivity index (χ1) is 3.46. The van der Waals surface area contributed by atoms with Gasteiger partial charge in [-0.15, -0.1) is 0 Å². The van der Waals surface area contributed by atoms with E-state index < -0.39 is 26.2 Å². The Kier molecular flexibility index (Phi) is 0.353. The molecule has 0 aromatic carbocycles. The van der Waals surface area contributed by atoms with Gasteiger partial charge in [0.2, 0.25) is 0 Å². The van der Waals surface area contributed by atoms with Crippen LogP contribution in [0.25, 0.3) is 0 Å². The fourth-order valence-electron chi connectivity index (χ4n) is 3.41. The summed E-state index contributed by atoms with van der Waals surface area (Å²) in [5, 5.41) is 0. The Labute approximate surface area is 70.2 Å². The van der Waals surface area contributed by atoms with E-state index in [4.69, 9.17) is 0 Å². The SMILES string of the molecule is N12[Si]34N5[Si]16N3[Si]25N46.[Mg+2].[O-2]. The molecule has 0 N–H and O–H groups in total. The Balaban J connectivity index is 0.000000144. The van der Waals surface area contributed by atoms with E-state index in [1.54, 1.807) is 0 Å². The summed E-state index contributed by atoms with van der Waals surface area (Å²) in [5.41, 5.74) is 0. The number of rotatable bonds is 0. The average Bonchev–Trinajstić information content (AvgIpc) is 0.391. The van der Waals surface area contributed by atoms with Crippen molar-refractivity contribution in [3.05, 3.63) is 0 Å². The molecule has 9 heteroatoms. The van der Waals surface area contributed by atoms with Gasteiger partial charge in [-0.05, 0) is 0 Å². The van der Waals surface area contributed by atoms with Gasteiger partial charge in [0.25, 0.3) is 0 Å². The van der Waals surface area contributed by atoms with Crippen molar-refractivity contribution in [2.45, 2.75) is 0 Å². The second-order valence-corrected chi connectivity index (χ2v) is 17.5. The summed E-state index contributed by atoms with van der Waals surface area (Å²) in [6, 6.07) is 0. The summed E-state index contributed by atoms with van der Waals surface area (Å²) in [6.07, 6.45) is 0. The topological polar surface area (TPSA) is 41.5 Å². The number of hydrogen-bond acceptors (Lipinski definition) is 4. The van der Waals surface area contributed by atoms with E-state index >= 15 is 0 Å². The second-order valence-electron chi connectivity index (χ2n) is 3.14. The fourth-order valence-corrected chi connectivity index (χ4v) is 46.9. The smallest absolute Gasteiger partial charge is 2.00 e. The van der Waals surface area contributed by atoms with Gasteiger partial charge in [0.15, 0.2) is 0 Å². The van der Waals surface area contributed by atoms with Crippen LogP contribution in [0.2, 0.25) is 0 Å². The molecule has 40 valence electrons. The Bertz CT molecular complexity index is 192. The molecule has 0 aromatic heterocycles. The zero-order valence-electron chi connectivity index (χ0n) is 4.40. The summed E-state index contributed by atoms with van der Waals surface area (Å²) in [6.45, 7) is 0. The van der Waals surface area contributed by atoms with E-state index in [0.717, 1.165) is 0 Å². The van der Waals surface area contributed by atoms with Gasteiger partial charge >= 0.3 is 49.2 Å². The third-order valence-electron chi connectivity index (χ3n) is 3.60. The van der Waals surface area contributed by atoms with Crippen LogP contribution in [0.1, 0.15) is 0 Å². The predicted molar refractivity (Wildman–Crippen MR) is 31.1 cm³/mol. The van der Waals surface area contributed by atoms with Gasteiger partial charge in [-0.25, -0.2) is 0 Å². The van der Waals surface area contributed by atoms with Gasteiger partial charge in [0.1, 0.15) is 0 Å². The van der Waals surface area contributed by atoms with Crippen LogP contribution in [0.5, 0.6) is 0 Å². The maximum atomic E-state index is 2.98. The molecule has 0 unspecified atom stereocenters. The molecular weight excluding hydrogens is 181 g/mol. The maximum Gasteiger partial charge on any atom is 2.00 e. The normalized spacial score (nSPS) is 112. The van der Waals surface area contributed by atoms with Gasteiger partial charge in [0, 0.05) is 0 Å². The monoisotopic (exact) mass is 180 g/mol.